The number of rotatable bonds is 6. The van der Waals surface area contributed by atoms with E-state index < -0.39 is 0 Å². The van der Waals surface area contributed by atoms with Gasteiger partial charge >= 0.3 is 0 Å². The molecule has 27 heavy (non-hydrogen) atoms. The van der Waals surface area contributed by atoms with Crippen molar-refractivity contribution in [2.45, 2.75) is 79.3 Å². The van der Waals surface area contributed by atoms with Crippen molar-refractivity contribution in [3.8, 4) is 0 Å². The first-order valence-electron chi connectivity index (χ1n) is 10.6. The lowest BCUT2D eigenvalue weighted by Gasteiger charge is -2.34. The fourth-order valence-corrected chi connectivity index (χ4v) is 3.71. The molecule has 148 valence electrons. The summed E-state index contributed by atoms with van der Waals surface area (Å²) in [5, 5.41) is 0. The Balaban J connectivity index is 2.44. The van der Waals surface area contributed by atoms with Crippen molar-refractivity contribution in [1.82, 2.24) is 0 Å². The van der Waals surface area contributed by atoms with Crippen molar-refractivity contribution < 1.29 is 0 Å². The molecule has 0 aromatic rings. The smallest absolute Gasteiger partial charge is 0.0959 e. The molecule has 0 fully saturated rings. The predicted molar refractivity (Wildman–Crippen MR) is 118 cm³/mol. The highest BCUT2D eigenvalue weighted by Crippen LogP contribution is 2.36. The summed E-state index contributed by atoms with van der Waals surface area (Å²) >= 11 is 0. The Morgan fingerprint density at radius 3 is 1.37 bits per heavy atom. The van der Waals surface area contributed by atoms with Gasteiger partial charge in [-0.2, -0.15) is 0 Å². The van der Waals surface area contributed by atoms with Crippen LogP contribution in [0.2, 0.25) is 0 Å². The average Bonchev–Trinajstić information content (AvgIpc) is 2.61. The van der Waals surface area contributed by atoms with E-state index >= 15 is 0 Å². The van der Waals surface area contributed by atoms with Crippen LogP contribution in [0.1, 0.15) is 68.2 Å². The zero-order chi connectivity index (χ0) is 20.2. The molecule has 0 saturated heterocycles. The Morgan fingerprint density at radius 2 is 1.07 bits per heavy atom. The molecule has 2 aliphatic rings. The van der Waals surface area contributed by atoms with Crippen LogP contribution in [0.25, 0.3) is 0 Å². The molecule has 2 rings (SSSR count). The quantitative estimate of drug-likeness (QED) is 0.451. The lowest BCUT2D eigenvalue weighted by atomic mass is 9.77. The van der Waals surface area contributed by atoms with Crippen molar-refractivity contribution in [3.63, 3.8) is 0 Å². The third-order valence-electron chi connectivity index (χ3n) is 6.19. The monoisotopic (exact) mass is 366 g/mol. The van der Waals surface area contributed by atoms with Crippen LogP contribution in [0, 0.1) is 23.7 Å². The molecular formula is C25H38N2. The molecule has 0 amide bonds. The molecule has 2 nitrogen and oxygen atoms in total. The molecule has 0 heterocycles. The largest absolute Gasteiger partial charge is 0.214 e. The molecule has 0 aromatic carbocycles. The van der Waals surface area contributed by atoms with Gasteiger partial charge in [0, 0.05) is 0 Å². The SMILES string of the molecule is CC(C)C1=CC(N=C=NC2(C(C)C)C=C(C(C)C)C=CC2)(C(C)C)CC=C1. The molecule has 0 aliphatic heterocycles. The van der Waals surface area contributed by atoms with Crippen molar-refractivity contribution >= 4 is 6.01 Å². The van der Waals surface area contributed by atoms with Crippen LogP contribution in [0.5, 0.6) is 0 Å². The number of hydrogen-bond acceptors (Lipinski definition) is 2. The molecule has 0 radical (unpaired) electrons. The van der Waals surface area contributed by atoms with E-state index in [-0.39, 0.29) is 11.1 Å². The second-order valence-corrected chi connectivity index (χ2v) is 9.43. The maximum absolute atomic E-state index is 4.94. The average molecular weight is 367 g/mol. The Labute approximate surface area is 167 Å². The zero-order valence-electron chi connectivity index (χ0n) is 18.6. The van der Waals surface area contributed by atoms with Crippen molar-refractivity contribution in [2.75, 3.05) is 0 Å². The normalized spacial score (nSPS) is 27.9. The Kier molecular flexibility index (Phi) is 6.87. The fraction of sp³-hybridized carbons (Fsp3) is 0.640. The molecule has 2 unspecified atom stereocenters. The van der Waals surface area contributed by atoms with Gasteiger partial charge in [0.05, 0.1) is 17.1 Å². The topological polar surface area (TPSA) is 24.7 Å². The van der Waals surface area contributed by atoms with E-state index in [2.05, 4.69) is 97.9 Å². The summed E-state index contributed by atoms with van der Waals surface area (Å²) in [6.07, 6.45) is 15.6. The summed E-state index contributed by atoms with van der Waals surface area (Å²) in [6.45, 7) is 18.0. The van der Waals surface area contributed by atoms with Gasteiger partial charge in [-0.05, 0) is 47.7 Å². The lowest BCUT2D eigenvalue weighted by Crippen LogP contribution is -2.34. The van der Waals surface area contributed by atoms with Gasteiger partial charge in [0.1, 0.15) is 0 Å². The second kappa shape index (κ2) is 8.57. The maximum atomic E-state index is 4.94. The van der Waals surface area contributed by atoms with Crippen LogP contribution in [-0.4, -0.2) is 17.1 Å². The third kappa shape index (κ3) is 4.79. The number of aliphatic imine (C=N–C) groups is 2. The van der Waals surface area contributed by atoms with Crippen LogP contribution >= 0.6 is 0 Å². The van der Waals surface area contributed by atoms with Crippen molar-refractivity contribution in [2.24, 2.45) is 33.7 Å². The Bertz CT molecular complexity index is 651. The summed E-state index contributed by atoms with van der Waals surface area (Å²) in [6, 6.07) is 3.18. The van der Waals surface area contributed by atoms with E-state index in [1.54, 1.807) is 0 Å². The van der Waals surface area contributed by atoms with E-state index in [9.17, 15) is 0 Å². The van der Waals surface area contributed by atoms with Gasteiger partial charge in [-0.1, -0.05) is 91.8 Å². The van der Waals surface area contributed by atoms with Gasteiger partial charge in [-0.25, -0.2) is 9.98 Å². The van der Waals surface area contributed by atoms with Gasteiger partial charge < -0.3 is 0 Å². The minimum Gasteiger partial charge on any atom is -0.214 e. The highest BCUT2D eigenvalue weighted by atomic mass is 14.9. The molecular weight excluding hydrogens is 328 g/mol. The van der Waals surface area contributed by atoms with Crippen LogP contribution in [-0.2, 0) is 0 Å². The van der Waals surface area contributed by atoms with E-state index in [0.717, 1.165) is 12.8 Å². The minimum absolute atomic E-state index is 0.231. The Morgan fingerprint density at radius 1 is 0.704 bits per heavy atom. The highest BCUT2D eigenvalue weighted by molar-refractivity contribution is 5.49. The predicted octanol–water partition coefficient (Wildman–Crippen LogP) is 7.03. The molecule has 0 bridgehead atoms. The van der Waals surface area contributed by atoms with E-state index in [1.165, 1.54) is 11.1 Å². The molecule has 2 heteroatoms. The van der Waals surface area contributed by atoms with Gasteiger partial charge in [-0.3, -0.25) is 0 Å². The molecule has 0 spiro atoms. The molecule has 2 atom stereocenters. The van der Waals surface area contributed by atoms with Crippen molar-refractivity contribution in [3.05, 3.63) is 47.6 Å². The van der Waals surface area contributed by atoms with Gasteiger partial charge in [0.15, 0.2) is 0 Å². The summed E-state index contributed by atoms with van der Waals surface area (Å²) in [4.78, 5) is 9.88. The number of allylic oxidation sites excluding steroid dienone is 4. The van der Waals surface area contributed by atoms with Crippen LogP contribution in [0.3, 0.4) is 0 Å². The van der Waals surface area contributed by atoms with Crippen molar-refractivity contribution in [1.29, 1.82) is 0 Å². The highest BCUT2D eigenvalue weighted by Gasteiger charge is 2.34. The van der Waals surface area contributed by atoms with Gasteiger partial charge in [0.2, 0.25) is 0 Å². The standard InChI is InChI=1S/C25H38N2/c1-18(2)22-11-9-13-24(15-22,20(5)6)26-17-27-25(21(7)8)14-10-12-23(16-25)19(3)4/h9-12,15-16,18-21H,13-14H2,1-8H3. The summed E-state index contributed by atoms with van der Waals surface area (Å²) in [5.41, 5.74) is 2.26. The maximum Gasteiger partial charge on any atom is 0.0959 e. The third-order valence-corrected chi connectivity index (χ3v) is 6.19. The van der Waals surface area contributed by atoms with Crippen LogP contribution in [0.4, 0.5) is 0 Å². The summed E-state index contributed by atoms with van der Waals surface area (Å²) in [5.74, 6) is 1.83. The van der Waals surface area contributed by atoms with Crippen LogP contribution < -0.4 is 0 Å². The first-order chi connectivity index (χ1) is 12.6. The molecule has 2 aliphatic carbocycles. The fourth-order valence-electron chi connectivity index (χ4n) is 3.71. The first-order valence-corrected chi connectivity index (χ1v) is 10.6. The van der Waals surface area contributed by atoms with Crippen LogP contribution in [0.15, 0.2) is 57.6 Å². The second-order valence-electron chi connectivity index (χ2n) is 9.43. The first kappa shape index (κ1) is 21.6. The van der Waals surface area contributed by atoms with E-state index in [4.69, 9.17) is 9.98 Å². The zero-order valence-corrected chi connectivity index (χ0v) is 18.6. The minimum atomic E-state index is -0.231. The van der Waals surface area contributed by atoms with E-state index in [0.29, 0.717) is 23.7 Å². The lowest BCUT2D eigenvalue weighted by molar-refractivity contribution is 0.376. The molecule has 0 N–H and O–H groups in total. The Hall–Kier alpha value is -1.66. The number of hydrogen-bond donors (Lipinski definition) is 0. The summed E-state index contributed by atoms with van der Waals surface area (Å²) in [7, 11) is 0. The number of nitrogens with zero attached hydrogens (tertiary/aromatic N) is 2. The molecule has 0 aromatic heterocycles. The van der Waals surface area contributed by atoms with Gasteiger partial charge in [0.25, 0.3) is 0 Å². The molecule has 0 saturated carbocycles. The van der Waals surface area contributed by atoms with E-state index in [1.807, 2.05) is 0 Å². The summed E-state index contributed by atoms with van der Waals surface area (Å²) < 4.78 is 0. The van der Waals surface area contributed by atoms with Gasteiger partial charge in [-0.15, -0.1) is 0 Å².